The molecule has 2 aromatic carbocycles. The van der Waals surface area contributed by atoms with E-state index in [9.17, 15) is 9.18 Å². The molecule has 3 heterocycles. The molecule has 7 heteroatoms. The zero-order valence-corrected chi connectivity index (χ0v) is 15.9. The molecule has 1 aliphatic rings. The molecule has 0 bridgehead atoms. The summed E-state index contributed by atoms with van der Waals surface area (Å²) >= 11 is 6.02. The van der Waals surface area contributed by atoms with Crippen LogP contribution in [0.4, 0.5) is 4.39 Å². The molecule has 1 N–H and O–H groups in total. The van der Waals surface area contributed by atoms with Gasteiger partial charge in [0.2, 0.25) is 0 Å². The first-order valence-electron chi connectivity index (χ1n) is 9.05. The van der Waals surface area contributed by atoms with Gasteiger partial charge in [0.25, 0.3) is 5.91 Å². The molecule has 2 aromatic heterocycles. The predicted molar refractivity (Wildman–Crippen MR) is 106 cm³/mol. The van der Waals surface area contributed by atoms with E-state index < -0.39 is 6.04 Å². The van der Waals surface area contributed by atoms with Gasteiger partial charge in [-0.2, -0.15) is 5.10 Å². The lowest BCUT2D eigenvalue weighted by molar-refractivity contribution is 0.0716. The Balaban J connectivity index is 1.67. The Morgan fingerprint density at radius 1 is 1.14 bits per heavy atom. The summed E-state index contributed by atoms with van der Waals surface area (Å²) < 4.78 is 19.5. The highest BCUT2D eigenvalue weighted by atomic mass is 35.5. The van der Waals surface area contributed by atoms with Gasteiger partial charge in [0, 0.05) is 16.1 Å². The normalized spacial score (nSPS) is 15.7. The van der Waals surface area contributed by atoms with Crippen LogP contribution in [0.25, 0.3) is 11.3 Å². The average Bonchev–Trinajstić information content (AvgIpc) is 3.43. The summed E-state index contributed by atoms with van der Waals surface area (Å²) in [4.78, 5) is 14.9. The van der Waals surface area contributed by atoms with E-state index in [0.717, 1.165) is 11.1 Å². The number of benzene rings is 2. The van der Waals surface area contributed by atoms with E-state index in [-0.39, 0.29) is 18.3 Å². The third-order valence-electron chi connectivity index (χ3n) is 5.05. The van der Waals surface area contributed by atoms with Crippen LogP contribution in [0.2, 0.25) is 5.02 Å². The van der Waals surface area contributed by atoms with Crippen molar-refractivity contribution in [1.29, 1.82) is 0 Å². The van der Waals surface area contributed by atoms with E-state index >= 15 is 0 Å². The Kier molecular flexibility index (Phi) is 4.21. The van der Waals surface area contributed by atoms with Gasteiger partial charge in [-0.05, 0) is 42.0 Å². The third kappa shape index (κ3) is 3.02. The topological polar surface area (TPSA) is 62.1 Å². The van der Waals surface area contributed by atoms with Crippen LogP contribution < -0.4 is 0 Å². The van der Waals surface area contributed by atoms with Crippen molar-refractivity contribution >= 4 is 17.5 Å². The molecule has 0 radical (unpaired) electrons. The van der Waals surface area contributed by atoms with Crippen molar-refractivity contribution in [2.75, 3.05) is 0 Å². The van der Waals surface area contributed by atoms with Gasteiger partial charge < -0.3 is 9.32 Å². The van der Waals surface area contributed by atoms with E-state index in [1.165, 1.54) is 12.1 Å². The Labute approximate surface area is 170 Å². The van der Waals surface area contributed by atoms with E-state index in [1.807, 2.05) is 18.2 Å². The molecule has 4 aromatic rings. The van der Waals surface area contributed by atoms with E-state index in [2.05, 4.69) is 10.2 Å². The number of H-pyrrole nitrogens is 1. The van der Waals surface area contributed by atoms with Gasteiger partial charge in [-0.15, -0.1) is 0 Å². The van der Waals surface area contributed by atoms with Gasteiger partial charge in [0.15, 0.2) is 0 Å². The highest BCUT2D eigenvalue weighted by Crippen LogP contribution is 2.43. The van der Waals surface area contributed by atoms with Crippen molar-refractivity contribution in [1.82, 2.24) is 15.1 Å². The minimum Gasteiger partial charge on any atom is -0.467 e. The number of amides is 1. The van der Waals surface area contributed by atoms with Gasteiger partial charge in [-0.1, -0.05) is 35.9 Å². The average molecular weight is 408 g/mol. The van der Waals surface area contributed by atoms with Crippen molar-refractivity contribution in [2.45, 2.75) is 12.6 Å². The number of carbonyl (C=O) groups excluding carboxylic acids is 1. The fourth-order valence-electron chi connectivity index (χ4n) is 3.78. The molecule has 1 atom stereocenters. The zero-order valence-electron chi connectivity index (χ0n) is 15.1. The first kappa shape index (κ1) is 17.7. The first-order valence-corrected chi connectivity index (χ1v) is 9.42. The van der Waals surface area contributed by atoms with Gasteiger partial charge in [-0.25, -0.2) is 4.39 Å². The SMILES string of the molecule is O=C1c2[nH]nc(-c3ccc(Cl)cc3)c2C(c2cccc(F)c2)N1Cc1ccco1. The second kappa shape index (κ2) is 6.90. The minimum absolute atomic E-state index is 0.210. The number of fused-ring (bicyclic) bond motifs is 1. The van der Waals surface area contributed by atoms with E-state index in [1.54, 1.807) is 41.5 Å². The quantitative estimate of drug-likeness (QED) is 0.505. The van der Waals surface area contributed by atoms with Crippen molar-refractivity contribution in [3.8, 4) is 11.3 Å². The van der Waals surface area contributed by atoms with Gasteiger partial charge in [-0.3, -0.25) is 9.89 Å². The second-order valence-corrected chi connectivity index (χ2v) is 7.27. The van der Waals surface area contributed by atoms with Crippen LogP contribution >= 0.6 is 11.6 Å². The monoisotopic (exact) mass is 407 g/mol. The lowest BCUT2D eigenvalue weighted by Crippen LogP contribution is -2.29. The van der Waals surface area contributed by atoms with Crippen LogP contribution in [0.1, 0.15) is 33.4 Å². The van der Waals surface area contributed by atoms with Crippen molar-refractivity contribution in [3.05, 3.63) is 100 Å². The van der Waals surface area contributed by atoms with Crippen LogP contribution in [0, 0.1) is 5.82 Å². The molecular weight excluding hydrogens is 393 g/mol. The van der Waals surface area contributed by atoms with Crippen LogP contribution in [0.5, 0.6) is 0 Å². The molecule has 1 aliphatic heterocycles. The number of rotatable bonds is 4. The number of nitrogens with one attached hydrogen (secondary N) is 1. The Morgan fingerprint density at radius 3 is 2.69 bits per heavy atom. The minimum atomic E-state index is -0.497. The lowest BCUT2D eigenvalue weighted by atomic mass is 9.96. The summed E-state index contributed by atoms with van der Waals surface area (Å²) in [7, 11) is 0. The summed E-state index contributed by atoms with van der Waals surface area (Å²) in [5, 5.41) is 7.87. The number of aromatic amines is 1. The molecule has 144 valence electrons. The molecule has 1 unspecified atom stereocenters. The molecule has 5 nitrogen and oxygen atoms in total. The first-order chi connectivity index (χ1) is 14.1. The van der Waals surface area contributed by atoms with Crippen LogP contribution in [-0.2, 0) is 6.54 Å². The van der Waals surface area contributed by atoms with Gasteiger partial charge in [0.1, 0.15) is 17.3 Å². The largest absolute Gasteiger partial charge is 0.467 e. The highest BCUT2D eigenvalue weighted by Gasteiger charge is 2.42. The smallest absolute Gasteiger partial charge is 0.273 e. The number of carbonyl (C=O) groups is 1. The molecule has 29 heavy (non-hydrogen) atoms. The molecular formula is C22H15ClFN3O2. The Bertz CT molecular complexity index is 1190. The molecule has 0 spiro atoms. The number of hydrogen-bond acceptors (Lipinski definition) is 3. The summed E-state index contributed by atoms with van der Waals surface area (Å²) in [6, 6.07) is 16.6. The van der Waals surface area contributed by atoms with Crippen LogP contribution in [-0.4, -0.2) is 21.0 Å². The van der Waals surface area contributed by atoms with E-state index in [4.69, 9.17) is 16.0 Å². The highest BCUT2D eigenvalue weighted by molar-refractivity contribution is 6.30. The molecule has 0 aliphatic carbocycles. The number of nitrogens with zero attached hydrogens (tertiary/aromatic N) is 2. The number of furan rings is 1. The number of hydrogen-bond donors (Lipinski definition) is 1. The van der Waals surface area contributed by atoms with Crippen molar-refractivity contribution in [3.63, 3.8) is 0 Å². The lowest BCUT2D eigenvalue weighted by Gasteiger charge is -2.25. The Morgan fingerprint density at radius 2 is 1.97 bits per heavy atom. The maximum absolute atomic E-state index is 14.0. The summed E-state index contributed by atoms with van der Waals surface area (Å²) in [5.74, 6) is 0.0715. The zero-order chi connectivity index (χ0) is 20.0. The standard InChI is InChI=1S/C22H15ClFN3O2/c23-15-8-6-13(7-9-15)19-18-20(26-25-19)22(28)27(12-17-5-2-10-29-17)21(18)14-3-1-4-16(24)11-14/h1-11,21H,12H2,(H,25,26). The van der Waals surface area contributed by atoms with Crippen LogP contribution in [0.3, 0.4) is 0 Å². The van der Waals surface area contributed by atoms with Crippen molar-refractivity contribution in [2.24, 2.45) is 0 Å². The summed E-state index contributed by atoms with van der Waals surface area (Å²) in [6.07, 6.45) is 1.56. The second-order valence-electron chi connectivity index (χ2n) is 6.84. The molecule has 0 saturated heterocycles. The maximum atomic E-state index is 14.0. The molecule has 0 fully saturated rings. The van der Waals surface area contributed by atoms with Gasteiger partial charge in [0.05, 0.1) is 24.5 Å². The fourth-order valence-corrected chi connectivity index (χ4v) is 3.91. The van der Waals surface area contributed by atoms with E-state index in [0.29, 0.717) is 27.7 Å². The van der Waals surface area contributed by atoms with Crippen molar-refractivity contribution < 1.29 is 13.6 Å². The summed E-state index contributed by atoms with van der Waals surface area (Å²) in [5.41, 5.74) is 3.24. The number of halogens is 2. The maximum Gasteiger partial charge on any atom is 0.273 e. The Hall–Kier alpha value is -3.38. The predicted octanol–water partition coefficient (Wildman–Crippen LogP) is 5.21. The fraction of sp³-hybridized carbons (Fsp3) is 0.0909. The summed E-state index contributed by atoms with van der Waals surface area (Å²) in [6.45, 7) is 0.260. The third-order valence-corrected chi connectivity index (χ3v) is 5.30. The number of aromatic nitrogens is 2. The van der Waals surface area contributed by atoms with Crippen LogP contribution in [0.15, 0.2) is 71.3 Å². The molecule has 1 amide bonds. The molecule has 0 saturated carbocycles. The molecule has 5 rings (SSSR count). The van der Waals surface area contributed by atoms with Gasteiger partial charge >= 0.3 is 0 Å².